The van der Waals surface area contributed by atoms with E-state index in [-0.39, 0.29) is 6.61 Å². The average Bonchev–Trinajstić information content (AvgIpc) is 2.18. The molecule has 80 valence electrons. The normalized spacial score (nSPS) is 33.5. The Kier molecular flexibility index (Phi) is 2.67. The molecule has 0 amide bonds. The first-order valence-electron chi connectivity index (χ1n) is 5.53. The Morgan fingerprint density at radius 3 is 2.93 bits per heavy atom. The van der Waals surface area contributed by atoms with Gasteiger partial charge in [-0.3, -0.25) is 0 Å². The summed E-state index contributed by atoms with van der Waals surface area (Å²) in [6.45, 7) is 6.05. The van der Waals surface area contributed by atoms with E-state index < -0.39 is 0 Å². The lowest BCUT2D eigenvalue weighted by Gasteiger charge is -2.56. The van der Waals surface area contributed by atoms with Crippen LogP contribution in [0.5, 0.6) is 0 Å². The first kappa shape index (κ1) is 10.2. The third-order valence-corrected chi connectivity index (χ3v) is 4.09. The molecule has 2 atom stereocenters. The van der Waals surface area contributed by atoms with Crippen molar-refractivity contribution in [2.24, 2.45) is 17.3 Å². The van der Waals surface area contributed by atoms with E-state index in [1.165, 1.54) is 18.4 Å². The molecule has 0 radical (unpaired) electrons. The van der Waals surface area contributed by atoms with Crippen molar-refractivity contribution in [1.82, 2.24) is 0 Å². The predicted octanol–water partition coefficient (Wildman–Crippen LogP) is 1.99. The van der Waals surface area contributed by atoms with Crippen LogP contribution in [-0.2, 0) is 4.74 Å². The minimum atomic E-state index is 0.129. The molecule has 0 aromatic carbocycles. The molecule has 2 nitrogen and oxygen atoms in total. The fourth-order valence-electron chi connectivity index (χ4n) is 2.90. The number of hydrogen-bond donors (Lipinski definition) is 1. The van der Waals surface area contributed by atoms with Gasteiger partial charge in [-0.05, 0) is 35.7 Å². The summed E-state index contributed by atoms with van der Waals surface area (Å²) in [4.78, 5) is 0. The molecular formula is C12H20O2. The van der Waals surface area contributed by atoms with Crippen molar-refractivity contribution in [3.05, 3.63) is 11.6 Å². The second kappa shape index (κ2) is 3.67. The van der Waals surface area contributed by atoms with E-state index in [1.54, 1.807) is 0 Å². The molecule has 1 saturated carbocycles. The van der Waals surface area contributed by atoms with Crippen LogP contribution in [0.15, 0.2) is 11.6 Å². The first-order chi connectivity index (χ1) is 6.66. The second-order valence-corrected chi connectivity index (χ2v) is 5.10. The van der Waals surface area contributed by atoms with Gasteiger partial charge in [0, 0.05) is 0 Å². The van der Waals surface area contributed by atoms with Gasteiger partial charge in [0.25, 0.3) is 0 Å². The highest BCUT2D eigenvalue weighted by Gasteiger charge is 2.50. The Morgan fingerprint density at radius 1 is 1.57 bits per heavy atom. The Hall–Kier alpha value is -0.340. The van der Waals surface area contributed by atoms with Gasteiger partial charge in [0.15, 0.2) is 0 Å². The van der Waals surface area contributed by atoms with E-state index in [4.69, 9.17) is 9.84 Å². The molecule has 2 heteroatoms. The quantitative estimate of drug-likeness (QED) is 0.550. The fraction of sp³-hybridized carbons (Fsp3) is 0.833. The van der Waals surface area contributed by atoms with Crippen LogP contribution in [0.1, 0.15) is 26.7 Å². The summed E-state index contributed by atoms with van der Waals surface area (Å²) >= 11 is 0. The molecule has 3 aliphatic rings. The highest BCUT2D eigenvalue weighted by atomic mass is 16.5. The average molecular weight is 196 g/mol. The maximum Gasteiger partial charge on any atom is 0.0702 e. The van der Waals surface area contributed by atoms with Crippen molar-refractivity contribution in [2.75, 3.05) is 19.8 Å². The Labute approximate surface area is 86.0 Å². The minimum Gasteiger partial charge on any atom is -0.394 e. The van der Waals surface area contributed by atoms with Crippen molar-refractivity contribution in [2.45, 2.75) is 26.7 Å². The topological polar surface area (TPSA) is 29.5 Å². The van der Waals surface area contributed by atoms with Crippen LogP contribution in [-0.4, -0.2) is 24.9 Å². The van der Waals surface area contributed by atoms with Crippen molar-refractivity contribution in [3.63, 3.8) is 0 Å². The molecule has 0 spiro atoms. The molecule has 1 N–H and O–H groups in total. The summed E-state index contributed by atoms with van der Waals surface area (Å²) in [5, 5.41) is 8.63. The van der Waals surface area contributed by atoms with Gasteiger partial charge in [0.1, 0.15) is 0 Å². The standard InChI is InChI=1S/C12H20O2/c1-12(2)10-4-3-9(11(12)7-10)8-14-6-5-13/h3,10-11,13H,4-8H2,1-2H3/t10-,11-/m0/s1. The molecule has 14 heavy (non-hydrogen) atoms. The molecule has 0 unspecified atom stereocenters. The smallest absolute Gasteiger partial charge is 0.0702 e. The molecule has 3 rings (SSSR count). The summed E-state index contributed by atoms with van der Waals surface area (Å²) in [6.07, 6.45) is 4.92. The molecule has 2 bridgehead atoms. The summed E-state index contributed by atoms with van der Waals surface area (Å²) < 4.78 is 5.39. The predicted molar refractivity (Wildman–Crippen MR) is 56.0 cm³/mol. The van der Waals surface area contributed by atoms with Gasteiger partial charge in [0.2, 0.25) is 0 Å². The van der Waals surface area contributed by atoms with Crippen molar-refractivity contribution >= 4 is 0 Å². The van der Waals surface area contributed by atoms with E-state index in [0.717, 1.165) is 18.4 Å². The molecule has 0 aliphatic heterocycles. The number of fused-ring (bicyclic) bond motifs is 1. The summed E-state index contributed by atoms with van der Waals surface area (Å²) in [5.74, 6) is 1.63. The SMILES string of the molecule is CC1(C)[C@H]2CC=C(COCCO)[C@@H]1C2. The highest BCUT2D eigenvalue weighted by molar-refractivity contribution is 5.23. The zero-order valence-electron chi connectivity index (χ0n) is 9.12. The Morgan fingerprint density at radius 2 is 2.36 bits per heavy atom. The first-order valence-corrected chi connectivity index (χ1v) is 5.53. The van der Waals surface area contributed by atoms with Crippen LogP contribution < -0.4 is 0 Å². The van der Waals surface area contributed by atoms with Crippen molar-refractivity contribution < 1.29 is 9.84 Å². The third kappa shape index (κ3) is 1.51. The molecule has 1 fully saturated rings. The van der Waals surface area contributed by atoms with E-state index in [0.29, 0.717) is 12.0 Å². The van der Waals surface area contributed by atoms with E-state index in [2.05, 4.69) is 19.9 Å². The van der Waals surface area contributed by atoms with E-state index in [1.807, 2.05) is 0 Å². The zero-order valence-corrected chi connectivity index (χ0v) is 9.12. The molecule has 0 saturated heterocycles. The van der Waals surface area contributed by atoms with Gasteiger partial charge >= 0.3 is 0 Å². The lowest BCUT2D eigenvalue weighted by atomic mass is 9.49. The molecule has 0 aromatic heterocycles. The largest absolute Gasteiger partial charge is 0.394 e. The Balaban J connectivity index is 1.91. The van der Waals surface area contributed by atoms with Crippen molar-refractivity contribution in [1.29, 1.82) is 0 Å². The molecule has 3 aliphatic carbocycles. The lowest BCUT2D eigenvalue weighted by Crippen LogP contribution is -2.48. The number of aliphatic hydroxyl groups is 1. The molecule has 0 aromatic rings. The fourth-order valence-corrected chi connectivity index (χ4v) is 2.90. The monoisotopic (exact) mass is 196 g/mol. The van der Waals surface area contributed by atoms with Crippen LogP contribution in [0.4, 0.5) is 0 Å². The van der Waals surface area contributed by atoms with Crippen LogP contribution in [0.3, 0.4) is 0 Å². The Bertz CT molecular complexity index is 243. The summed E-state index contributed by atoms with van der Waals surface area (Å²) in [6, 6.07) is 0. The van der Waals surface area contributed by atoms with Crippen LogP contribution in [0.25, 0.3) is 0 Å². The van der Waals surface area contributed by atoms with E-state index >= 15 is 0 Å². The van der Waals surface area contributed by atoms with Gasteiger partial charge in [-0.25, -0.2) is 0 Å². The third-order valence-electron chi connectivity index (χ3n) is 4.09. The van der Waals surface area contributed by atoms with Crippen LogP contribution in [0.2, 0.25) is 0 Å². The van der Waals surface area contributed by atoms with Crippen LogP contribution in [0, 0.1) is 17.3 Å². The van der Waals surface area contributed by atoms with Gasteiger partial charge < -0.3 is 9.84 Å². The number of hydrogen-bond acceptors (Lipinski definition) is 2. The second-order valence-electron chi connectivity index (χ2n) is 5.10. The van der Waals surface area contributed by atoms with Crippen LogP contribution >= 0.6 is 0 Å². The van der Waals surface area contributed by atoms with Gasteiger partial charge in [-0.15, -0.1) is 0 Å². The molecular weight excluding hydrogens is 176 g/mol. The summed E-state index contributed by atoms with van der Waals surface area (Å²) in [5.41, 5.74) is 1.96. The van der Waals surface area contributed by atoms with E-state index in [9.17, 15) is 0 Å². The highest BCUT2D eigenvalue weighted by Crippen LogP contribution is 2.59. The number of ether oxygens (including phenoxy) is 1. The lowest BCUT2D eigenvalue weighted by molar-refractivity contribution is -0.0189. The maximum absolute atomic E-state index is 8.63. The maximum atomic E-state index is 8.63. The van der Waals surface area contributed by atoms with Gasteiger partial charge in [-0.1, -0.05) is 19.9 Å². The zero-order chi connectivity index (χ0) is 10.2. The number of allylic oxidation sites excluding steroid dienone is 1. The minimum absolute atomic E-state index is 0.129. The van der Waals surface area contributed by atoms with Crippen molar-refractivity contribution in [3.8, 4) is 0 Å². The summed E-state index contributed by atoms with van der Waals surface area (Å²) in [7, 11) is 0. The molecule has 0 heterocycles. The van der Waals surface area contributed by atoms with Gasteiger partial charge in [-0.2, -0.15) is 0 Å². The number of rotatable bonds is 4. The number of aliphatic hydroxyl groups excluding tert-OH is 1. The van der Waals surface area contributed by atoms with Gasteiger partial charge in [0.05, 0.1) is 19.8 Å².